The predicted octanol–water partition coefficient (Wildman–Crippen LogP) is 8.29. The van der Waals surface area contributed by atoms with E-state index < -0.39 is 0 Å². The van der Waals surface area contributed by atoms with Crippen LogP contribution in [0.25, 0.3) is 0 Å². The molecule has 1 aromatic rings. The highest BCUT2D eigenvalue weighted by Crippen LogP contribution is 2.42. The van der Waals surface area contributed by atoms with E-state index in [0.29, 0.717) is 5.92 Å². The Morgan fingerprint density at radius 3 is 1.64 bits per heavy atom. The Labute approximate surface area is 172 Å². The van der Waals surface area contributed by atoms with E-state index in [-0.39, 0.29) is 5.82 Å². The fraction of sp³-hybridized carbons (Fsp3) is 0.704. The molecule has 4 rings (SSSR count). The van der Waals surface area contributed by atoms with Crippen molar-refractivity contribution < 1.29 is 4.39 Å². The highest BCUT2D eigenvalue weighted by Gasteiger charge is 2.29. The molecule has 0 aromatic heterocycles. The number of benzene rings is 1. The van der Waals surface area contributed by atoms with Crippen molar-refractivity contribution in [3.8, 4) is 0 Å². The lowest BCUT2D eigenvalue weighted by molar-refractivity contribution is 0.160. The van der Waals surface area contributed by atoms with Gasteiger partial charge in [0.2, 0.25) is 0 Å². The van der Waals surface area contributed by atoms with Crippen LogP contribution in [0.15, 0.2) is 36.4 Å². The summed E-state index contributed by atoms with van der Waals surface area (Å²) in [7, 11) is 0. The summed E-state index contributed by atoms with van der Waals surface area (Å²) in [5, 5.41) is 0. The normalized spacial score (nSPS) is 37.2. The van der Waals surface area contributed by atoms with Gasteiger partial charge >= 0.3 is 0 Å². The summed E-state index contributed by atoms with van der Waals surface area (Å²) in [6.45, 7) is 2.44. The van der Waals surface area contributed by atoms with Crippen molar-refractivity contribution in [3.63, 3.8) is 0 Å². The summed E-state index contributed by atoms with van der Waals surface area (Å²) >= 11 is 0. The number of allylic oxidation sites excluding steroid dienone is 2. The van der Waals surface area contributed by atoms with E-state index >= 15 is 0 Å². The summed E-state index contributed by atoms with van der Waals surface area (Å²) in [5.41, 5.74) is 1.33. The van der Waals surface area contributed by atoms with Gasteiger partial charge < -0.3 is 0 Å². The molecule has 0 nitrogen and oxygen atoms in total. The minimum Gasteiger partial charge on any atom is -0.207 e. The largest absolute Gasteiger partial charge is 0.207 e. The fourth-order valence-corrected chi connectivity index (χ4v) is 6.26. The number of rotatable bonds is 4. The van der Waals surface area contributed by atoms with E-state index in [1.54, 1.807) is 12.1 Å². The zero-order valence-corrected chi connectivity index (χ0v) is 17.8. The lowest BCUT2D eigenvalue weighted by Crippen LogP contribution is -2.24. The molecule has 1 heteroatoms. The van der Waals surface area contributed by atoms with E-state index in [2.05, 4.69) is 19.1 Å². The lowest BCUT2D eigenvalue weighted by Gasteiger charge is -2.36. The minimum atomic E-state index is -0.117. The van der Waals surface area contributed by atoms with Gasteiger partial charge in [0.1, 0.15) is 5.82 Å². The molecular formula is C27H39F. The van der Waals surface area contributed by atoms with Crippen molar-refractivity contribution in [3.05, 3.63) is 47.8 Å². The maximum atomic E-state index is 13.1. The standard InChI is InChI=1S/C27H39F/c1-20-2-10-23(11-3-20)24-12-6-21(7-13-24)4-5-22-8-14-25(15-9-22)26-16-18-27(28)19-17-26/h4-5,16-25H,2-3,6-15H2,1H3/b5-4+/t20-,21?,22-,23-,24?,25-. The van der Waals surface area contributed by atoms with Gasteiger partial charge in [0.15, 0.2) is 0 Å². The summed E-state index contributed by atoms with van der Waals surface area (Å²) < 4.78 is 13.1. The first kappa shape index (κ1) is 20.2. The van der Waals surface area contributed by atoms with Crippen molar-refractivity contribution in [1.29, 1.82) is 0 Å². The number of hydrogen-bond acceptors (Lipinski definition) is 0. The molecule has 0 heterocycles. The maximum absolute atomic E-state index is 13.1. The Balaban J connectivity index is 1.18. The third-order valence-corrected chi connectivity index (χ3v) is 8.31. The van der Waals surface area contributed by atoms with Crippen molar-refractivity contribution in [2.45, 2.75) is 89.9 Å². The minimum absolute atomic E-state index is 0.117. The van der Waals surface area contributed by atoms with E-state index in [0.717, 1.165) is 29.6 Å². The summed E-state index contributed by atoms with van der Waals surface area (Å²) in [5.74, 6) is 5.19. The van der Waals surface area contributed by atoms with Crippen LogP contribution < -0.4 is 0 Å². The van der Waals surface area contributed by atoms with Gasteiger partial charge in [-0.25, -0.2) is 4.39 Å². The topological polar surface area (TPSA) is 0 Å². The van der Waals surface area contributed by atoms with Gasteiger partial charge in [0.05, 0.1) is 0 Å². The van der Waals surface area contributed by atoms with E-state index in [1.807, 2.05) is 12.1 Å². The maximum Gasteiger partial charge on any atom is 0.123 e. The van der Waals surface area contributed by atoms with Crippen LogP contribution in [0.2, 0.25) is 0 Å². The third-order valence-electron chi connectivity index (χ3n) is 8.31. The molecule has 3 fully saturated rings. The second kappa shape index (κ2) is 9.59. The van der Waals surface area contributed by atoms with E-state index in [4.69, 9.17) is 0 Å². The van der Waals surface area contributed by atoms with Crippen LogP contribution in [0, 0.1) is 35.4 Å². The van der Waals surface area contributed by atoms with Gasteiger partial charge in [-0.1, -0.05) is 44.1 Å². The number of hydrogen-bond donors (Lipinski definition) is 0. The molecule has 0 spiro atoms. The Kier molecular flexibility index (Phi) is 6.91. The molecule has 0 amide bonds. The predicted molar refractivity (Wildman–Crippen MR) is 117 cm³/mol. The molecular weight excluding hydrogens is 343 g/mol. The zero-order chi connectivity index (χ0) is 19.3. The van der Waals surface area contributed by atoms with Crippen LogP contribution >= 0.6 is 0 Å². The van der Waals surface area contributed by atoms with Crippen LogP contribution in [0.5, 0.6) is 0 Å². The molecule has 0 unspecified atom stereocenters. The molecule has 3 saturated carbocycles. The Bertz CT molecular complexity index is 606. The molecule has 0 aliphatic heterocycles. The van der Waals surface area contributed by atoms with Crippen LogP contribution in [0.3, 0.4) is 0 Å². The molecule has 0 saturated heterocycles. The van der Waals surface area contributed by atoms with Crippen molar-refractivity contribution in [2.75, 3.05) is 0 Å². The molecule has 28 heavy (non-hydrogen) atoms. The molecule has 154 valence electrons. The Hall–Kier alpha value is -1.11. The fourth-order valence-electron chi connectivity index (χ4n) is 6.26. The van der Waals surface area contributed by atoms with E-state index in [1.165, 1.54) is 82.6 Å². The van der Waals surface area contributed by atoms with Crippen molar-refractivity contribution in [1.82, 2.24) is 0 Å². The smallest absolute Gasteiger partial charge is 0.123 e. The average Bonchev–Trinajstić information content (AvgIpc) is 2.74. The highest BCUT2D eigenvalue weighted by atomic mass is 19.1. The Morgan fingerprint density at radius 2 is 1.11 bits per heavy atom. The molecule has 0 bridgehead atoms. The van der Waals surface area contributed by atoms with Gasteiger partial charge in [0.25, 0.3) is 0 Å². The second-order valence-electron chi connectivity index (χ2n) is 10.2. The summed E-state index contributed by atoms with van der Waals surface area (Å²) in [6.07, 6.45) is 22.0. The first-order valence-electron chi connectivity index (χ1n) is 12.1. The van der Waals surface area contributed by atoms with E-state index in [9.17, 15) is 4.39 Å². The first-order chi connectivity index (χ1) is 13.7. The van der Waals surface area contributed by atoms with Gasteiger partial charge in [-0.15, -0.1) is 0 Å². The van der Waals surface area contributed by atoms with Gasteiger partial charge in [0, 0.05) is 0 Å². The Morgan fingerprint density at radius 1 is 0.643 bits per heavy atom. The highest BCUT2D eigenvalue weighted by molar-refractivity contribution is 5.21. The lowest BCUT2D eigenvalue weighted by atomic mass is 9.69. The van der Waals surface area contributed by atoms with Crippen LogP contribution in [0.4, 0.5) is 4.39 Å². The number of halogens is 1. The van der Waals surface area contributed by atoms with Crippen molar-refractivity contribution in [2.24, 2.45) is 29.6 Å². The molecule has 1 aromatic carbocycles. The van der Waals surface area contributed by atoms with Crippen LogP contribution in [-0.2, 0) is 0 Å². The quantitative estimate of drug-likeness (QED) is 0.459. The molecule has 0 N–H and O–H groups in total. The monoisotopic (exact) mass is 382 g/mol. The average molecular weight is 383 g/mol. The molecule has 3 aliphatic carbocycles. The van der Waals surface area contributed by atoms with Crippen LogP contribution in [0.1, 0.15) is 95.5 Å². The van der Waals surface area contributed by atoms with Crippen molar-refractivity contribution >= 4 is 0 Å². The molecule has 3 aliphatic rings. The summed E-state index contributed by atoms with van der Waals surface area (Å²) in [6, 6.07) is 7.21. The molecule has 0 atom stereocenters. The third kappa shape index (κ3) is 5.28. The first-order valence-corrected chi connectivity index (χ1v) is 12.1. The molecule has 0 radical (unpaired) electrons. The van der Waals surface area contributed by atoms with Gasteiger partial charge in [-0.05, 0) is 117 Å². The van der Waals surface area contributed by atoms with Gasteiger partial charge in [-0.2, -0.15) is 0 Å². The van der Waals surface area contributed by atoms with Gasteiger partial charge in [-0.3, -0.25) is 0 Å². The zero-order valence-electron chi connectivity index (χ0n) is 17.8. The second-order valence-corrected chi connectivity index (χ2v) is 10.2. The summed E-state index contributed by atoms with van der Waals surface area (Å²) in [4.78, 5) is 0. The van der Waals surface area contributed by atoms with Crippen LogP contribution in [-0.4, -0.2) is 0 Å². The SMILES string of the molecule is C[C@H]1CC[C@H](C2CCC(/C=C/[C@H]3CC[C@H](c4ccc(F)cc4)CC3)CC2)CC1.